The molecule has 1 aromatic carbocycles. The van der Waals surface area contributed by atoms with Crippen LogP contribution in [0.2, 0.25) is 0 Å². The number of pyridine rings is 1. The first-order valence-electron chi connectivity index (χ1n) is 12.4. The van der Waals surface area contributed by atoms with Crippen LogP contribution in [-0.4, -0.2) is 46.8 Å². The molecule has 1 aliphatic heterocycles. The van der Waals surface area contributed by atoms with Gasteiger partial charge in [-0.15, -0.1) is 0 Å². The molecular weight excluding hydrogens is 514 g/mol. The van der Waals surface area contributed by atoms with Crippen LogP contribution in [0.1, 0.15) is 54.9 Å². The van der Waals surface area contributed by atoms with Gasteiger partial charge in [-0.1, -0.05) is 19.9 Å². The molecule has 2 aromatic heterocycles. The normalized spacial score (nSPS) is 14.9. The zero-order valence-corrected chi connectivity index (χ0v) is 22.1. The van der Waals surface area contributed by atoms with Crippen LogP contribution >= 0.6 is 0 Å². The zero-order valence-electron chi connectivity index (χ0n) is 22.1. The molecule has 4 rings (SSSR count). The Labute approximate surface area is 224 Å². The van der Waals surface area contributed by atoms with Gasteiger partial charge in [0.1, 0.15) is 24.6 Å². The fourth-order valence-corrected chi connectivity index (χ4v) is 4.28. The summed E-state index contributed by atoms with van der Waals surface area (Å²) in [6.07, 6.45) is -1.11. The van der Waals surface area contributed by atoms with E-state index in [1.165, 1.54) is 17.3 Å². The Hall–Kier alpha value is -3.80. The fourth-order valence-electron chi connectivity index (χ4n) is 4.28. The molecule has 4 N–H and O–H groups in total. The number of carbonyl (C=O) groups is 1. The molecule has 0 saturated heterocycles. The average molecular weight is 546 g/mol. The lowest BCUT2D eigenvalue weighted by atomic mass is 9.85. The van der Waals surface area contributed by atoms with Crippen LogP contribution < -0.4 is 21.3 Å². The average Bonchev–Trinajstić information content (AvgIpc) is 2.87. The molecule has 12 heteroatoms. The third-order valence-electron chi connectivity index (χ3n) is 6.53. The van der Waals surface area contributed by atoms with Crippen molar-refractivity contribution in [2.75, 3.05) is 30.4 Å². The lowest BCUT2D eigenvalue weighted by molar-refractivity contribution is -0.123. The number of fused-ring (bicyclic) bond motifs is 1. The van der Waals surface area contributed by atoms with Crippen molar-refractivity contribution in [3.63, 3.8) is 0 Å². The Kier molecular flexibility index (Phi) is 7.78. The number of carbonyl (C=O) groups excluding carboxylic acids is 1. The number of hydrogen-bond donors (Lipinski definition) is 4. The highest BCUT2D eigenvalue weighted by atomic mass is 19.4. The number of nitrogens with zero attached hydrogens (tertiary/aromatic N) is 3. The monoisotopic (exact) mass is 545 g/mol. The first-order chi connectivity index (χ1) is 18.3. The molecular formula is C27H31F4N7O. The van der Waals surface area contributed by atoms with Gasteiger partial charge in [0.25, 0.3) is 5.91 Å². The van der Waals surface area contributed by atoms with E-state index in [1.807, 2.05) is 23.5 Å². The van der Waals surface area contributed by atoms with Crippen LogP contribution in [0, 0.1) is 0 Å². The summed E-state index contributed by atoms with van der Waals surface area (Å²) in [4.78, 5) is 25.4. The van der Waals surface area contributed by atoms with E-state index in [0.29, 0.717) is 11.4 Å². The van der Waals surface area contributed by atoms with E-state index in [4.69, 9.17) is 0 Å². The van der Waals surface area contributed by atoms with Crippen molar-refractivity contribution in [2.45, 2.75) is 51.2 Å². The van der Waals surface area contributed by atoms with Gasteiger partial charge in [0.05, 0.1) is 5.69 Å². The summed E-state index contributed by atoms with van der Waals surface area (Å²) in [7, 11) is 0. The van der Waals surface area contributed by atoms with Crippen LogP contribution in [0.4, 0.5) is 40.7 Å². The van der Waals surface area contributed by atoms with Crippen molar-refractivity contribution >= 4 is 29.0 Å². The van der Waals surface area contributed by atoms with E-state index in [1.54, 1.807) is 26.0 Å². The van der Waals surface area contributed by atoms with Crippen molar-refractivity contribution in [3.8, 4) is 0 Å². The molecule has 0 unspecified atom stereocenters. The highest BCUT2D eigenvalue weighted by molar-refractivity contribution is 5.99. The first-order valence-corrected chi connectivity index (χ1v) is 12.4. The highest BCUT2D eigenvalue weighted by Gasteiger charge is 2.29. The van der Waals surface area contributed by atoms with E-state index >= 15 is 0 Å². The van der Waals surface area contributed by atoms with Crippen molar-refractivity contribution in [3.05, 3.63) is 65.1 Å². The minimum absolute atomic E-state index is 0.0225. The van der Waals surface area contributed by atoms with Gasteiger partial charge in [0.2, 0.25) is 5.95 Å². The second-order valence-corrected chi connectivity index (χ2v) is 10.6. The van der Waals surface area contributed by atoms with E-state index in [-0.39, 0.29) is 22.9 Å². The van der Waals surface area contributed by atoms with Crippen LogP contribution in [0.25, 0.3) is 0 Å². The van der Waals surface area contributed by atoms with Crippen molar-refractivity contribution < 1.29 is 22.4 Å². The van der Waals surface area contributed by atoms with Gasteiger partial charge >= 0.3 is 6.18 Å². The third-order valence-corrected chi connectivity index (χ3v) is 6.53. The minimum Gasteiger partial charge on any atom is -0.343 e. The van der Waals surface area contributed by atoms with Gasteiger partial charge < -0.3 is 21.3 Å². The molecule has 8 nitrogen and oxygen atoms in total. The number of halogens is 4. The molecule has 1 amide bonds. The number of benzene rings is 1. The molecule has 0 spiro atoms. The van der Waals surface area contributed by atoms with Gasteiger partial charge in [0, 0.05) is 34.7 Å². The summed E-state index contributed by atoms with van der Waals surface area (Å²) in [5, 5.41) is 11.4. The summed E-state index contributed by atoms with van der Waals surface area (Å²) in [5.41, 5.74) is 2.75. The third kappa shape index (κ3) is 6.80. The predicted molar refractivity (Wildman–Crippen MR) is 141 cm³/mol. The summed E-state index contributed by atoms with van der Waals surface area (Å²) in [6, 6.07) is 9.11. The van der Waals surface area contributed by atoms with Crippen LogP contribution in [-0.2, 0) is 17.4 Å². The maximum Gasteiger partial charge on any atom is 0.405 e. The molecule has 0 bridgehead atoms. The number of hydrogen-bond acceptors (Lipinski definition) is 7. The summed E-state index contributed by atoms with van der Waals surface area (Å²) in [6.45, 7) is 6.29. The molecule has 0 fully saturated rings. The lowest BCUT2D eigenvalue weighted by Gasteiger charge is -2.34. The summed E-state index contributed by atoms with van der Waals surface area (Å²) < 4.78 is 51.7. The second kappa shape index (κ2) is 10.8. The largest absolute Gasteiger partial charge is 0.405 e. The highest BCUT2D eigenvalue weighted by Crippen LogP contribution is 2.31. The maximum atomic E-state index is 13.5. The topological polar surface area (TPSA) is 104 Å². The Morgan fingerprint density at radius 2 is 1.82 bits per heavy atom. The zero-order chi connectivity index (χ0) is 28.4. The standard InChI is InChI=1S/C27H31F4N7O/c1-25(2,14-28)21-12-18(8-9-32-21)36-22-19(23(39)34-15-27(29,30)31)13-33-24(38-22)37-17-5-6-20-16(11-17)7-10-35-26(20,3)4/h5-6,8-9,11-13,35H,7,10,14-15H2,1-4H3,(H,34,39)(H2,32,33,36,37,38). The van der Waals surface area contributed by atoms with Crippen molar-refractivity contribution in [1.29, 1.82) is 0 Å². The van der Waals surface area contributed by atoms with Crippen molar-refractivity contribution in [2.24, 2.45) is 0 Å². The van der Waals surface area contributed by atoms with Crippen LogP contribution in [0.15, 0.2) is 42.7 Å². The van der Waals surface area contributed by atoms with Gasteiger partial charge in [-0.2, -0.15) is 18.2 Å². The summed E-state index contributed by atoms with van der Waals surface area (Å²) >= 11 is 0. The van der Waals surface area contributed by atoms with E-state index in [2.05, 4.69) is 44.7 Å². The van der Waals surface area contributed by atoms with E-state index < -0.39 is 30.7 Å². The van der Waals surface area contributed by atoms with Crippen LogP contribution in [0.5, 0.6) is 0 Å². The Morgan fingerprint density at radius 3 is 2.54 bits per heavy atom. The molecule has 39 heavy (non-hydrogen) atoms. The van der Waals surface area contributed by atoms with Gasteiger partial charge in [-0.25, -0.2) is 4.98 Å². The van der Waals surface area contributed by atoms with E-state index in [9.17, 15) is 22.4 Å². The molecule has 0 aliphatic carbocycles. The molecule has 3 aromatic rings. The van der Waals surface area contributed by atoms with E-state index in [0.717, 1.165) is 24.8 Å². The van der Waals surface area contributed by atoms with Gasteiger partial charge in [-0.05, 0) is 62.2 Å². The summed E-state index contributed by atoms with van der Waals surface area (Å²) in [5.74, 6) is -0.884. The number of rotatable bonds is 8. The SMILES string of the molecule is CC(C)(CF)c1cc(Nc2nc(Nc3ccc4c(c3)CCNC4(C)C)ncc2C(=O)NCC(F)(F)F)ccn1. The molecule has 0 saturated carbocycles. The van der Waals surface area contributed by atoms with Gasteiger partial charge in [-0.3, -0.25) is 14.2 Å². The Balaban J connectivity index is 1.66. The Bertz CT molecular complexity index is 1360. The molecule has 0 atom stereocenters. The number of nitrogens with one attached hydrogen (secondary N) is 4. The minimum atomic E-state index is -4.58. The smallest absolute Gasteiger partial charge is 0.343 e. The van der Waals surface area contributed by atoms with Crippen LogP contribution in [0.3, 0.4) is 0 Å². The molecule has 0 radical (unpaired) electrons. The number of alkyl halides is 4. The number of anilines is 4. The number of aromatic nitrogens is 3. The molecule has 208 valence electrons. The first kappa shape index (κ1) is 28.2. The number of amides is 1. The van der Waals surface area contributed by atoms with Gasteiger partial charge in [0.15, 0.2) is 0 Å². The predicted octanol–water partition coefficient (Wildman–Crippen LogP) is 5.28. The second-order valence-electron chi connectivity index (χ2n) is 10.6. The fraction of sp³-hybridized carbons (Fsp3) is 0.407. The lowest BCUT2D eigenvalue weighted by Crippen LogP contribution is -2.42. The maximum absolute atomic E-state index is 13.5. The Morgan fingerprint density at radius 1 is 1.08 bits per heavy atom. The van der Waals surface area contributed by atoms with Crippen molar-refractivity contribution in [1.82, 2.24) is 25.6 Å². The quantitative estimate of drug-likeness (QED) is 0.286. The molecule has 1 aliphatic rings. The molecule has 3 heterocycles.